The summed E-state index contributed by atoms with van der Waals surface area (Å²) in [4.78, 5) is 11.0. The minimum atomic E-state index is -0.482. The fourth-order valence-electron chi connectivity index (χ4n) is 1.75. The van der Waals surface area contributed by atoms with Gasteiger partial charge in [0.2, 0.25) is 0 Å². The summed E-state index contributed by atoms with van der Waals surface area (Å²) in [5.41, 5.74) is 7.60. The Kier molecular flexibility index (Phi) is 3.62. The number of nitrogens with two attached hydrogens (primary N) is 1. The van der Waals surface area contributed by atoms with Crippen molar-refractivity contribution >= 4 is 5.91 Å². The molecule has 0 saturated heterocycles. The minimum absolute atomic E-state index is 0.111. The number of carbonyl (C=O) groups excluding carboxylic acids is 1. The molecule has 1 aromatic carbocycles. The van der Waals surface area contributed by atoms with E-state index in [4.69, 9.17) is 11.0 Å². The first kappa shape index (κ1) is 12.8. The van der Waals surface area contributed by atoms with E-state index in [1.165, 1.54) is 6.20 Å². The molecule has 0 bridgehead atoms. The summed E-state index contributed by atoms with van der Waals surface area (Å²) >= 11 is 0. The number of hydrogen-bond donors (Lipinski definition) is 1. The molecule has 0 radical (unpaired) electrons. The molecule has 5 heteroatoms. The Hall–Kier alpha value is -2.61. The third-order valence-electron chi connectivity index (χ3n) is 2.94. The fourth-order valence-corrected chi connectivity index (χ4v) is 1.75. The van der Waals surface area contributed by atoms with Gasteiger partial charge in [0.25, 0.3) is 5.91 Å². The Morgan fingerprint density at radius 2 is 2.16 bits per heavy atom. The van der Waals surface area contributed by atoms with Gasteiger partial charge in [0.15, 0.2) is 0 Å². The maximum atomic E-state index is 11.0. The van der Waals surface area contributed by atoms with E-state index in [9.17, 15) is 4.79 Å². The lowest BCUT2D eigenvalue weighted by Crippen LogP contribution is -2.09. The van der Waals surface area contributed by atoms with Crippen LogP contribution in [0.4, 0.5) is 0 Å². The zero-order valence-corrected chi connectivity index (χ0v) is 10.6. The van der Waals surface area contributed by atoms with E-state index in [0.717, 1.165) is 11.1 Å². The predicted molar refractivity (Wildman–Crippen MR) is 70.3 cm³/mol. The highest BCUT2D eigenvalue weighted by atomic mass is 16.1. The number of amides is 1. The molecule has 0 aliphatic carbocycles. The summed E-state index contributed by atoms with van der Waals surface area (Å²) in [6.07, 6.45) is 3.07. The first-order valence-corrected chi connectivity index (χ1v) is 5.91. The van der Waals surface area contributed by atoms with E-state index in [2.05, 4.69) is 11.2 Å². The third kappa shape index (κ3) is 2.99. The second kappa shape index (κ2) is 5.36. The number of carbonyl (C=O) groups is 1. The molecule has 2 aromatic rings. The molecule has 1 atom stereocenters. The normalized spacial score (nSPS) is 11.8. The van der Waals surface area contributed by atoms with Crippen LogP contribution in [0.25, 0.3) is 0 Å². The van der Waals surface area contributed by atoms with Crippen LogP contribution in [-0.4, -0.2) is 15.7 Å². The molecule has 1 heterocycles. The molecule has 96 valence electrons. The Morgan fingerprint density at radius 3 is 2.68 bits per heavy atom. The summed E-state index contributed by atoms with van der Waals surface area (Å²) in [7, 11) is 0. The van der Waals surface area contributed by atoms with Crippen LogP contribution < -0.4 is 5.73 Å². The molecule has 0 fully saturated rings. The lowest BCUT2D eigenvalue weighted by Gasteiger charge is -2.05. The van der Waals surface area contributed by atoms with Gasteiger partial charge in [-0.2, -0.15) is 10.4 Å². The Labute approximate surface area is 111 Å². The van der Waals surface area contributed by atoms with E-state index in [1.807, 2.05) is 31.2 Å². The van der Waals surface area contributed by atoms with Gasteiger partial charge < -0.3 is 5.73 Å². The molecule has 0 aliphatic rings. The standard InChI is InChI=1S/C14H14N4O/c1-10(6-15)12-4-2-11(3-5-12)8-18-9-13(7-17-18)14(16)19/h2-5,7,9-10H,8H2,1H3,(H2,16,19). The van der Waals surface area contributed by atoms with Crippen molar-refractivity contribution in [1.29, 1.82) is 5.26 Å². The van der Waals surface area contributed by atoms with Crippen LogP contribution in [-0.2, 0) is 6.54 Å². The van der Waals surface area contributed by atoms with E-state index < -0.39 is 5.91 Å². The Balaban J connectivity index is 2.11. The molecule has 1 unspecified atom stereocenters. The molecule has 1 aromatic heterocycles. The van der Waals surface area contributed by atoms with Crippen molar-refractivity contribution in [3.63, 3.8) is 0 Å². The van der Waals surface area contributed by atoms with E-state index in [-0.39, 0.29) is 5.92 Å². The summed E-state index contributed by atoms with van der Waals surface area (Å²) in [5, 5.41) is 12.9. The van der Waals surface area contributed by atoms with Gasteiger partial charge in [0, 0.05) is 6.20 Å². The van der Waals surface area contributed by atoms with Crippen molar-refractivity contribution in [2.75, 3.05) is 0 Å². The van der Waals surface area contributed by atoms with Crippen molar-refractivity contribution in [1.82, 2.24) is 9.78 Å². The Bertz CT molecular complexity index is 622. The predicted octanol–water partition coefficient (Wildman–Crippen LogP) is 1.66. The molecule has 5 nitrogen and oxygen atoms in total. The molecule has 0 aliphatic heterocycles. The van der Waals surface area contributed by atoms with Gasteiger partial charge in [-0.25, -0.2) is 0 Å². The molecule has 2 N–H and O–H groups in total. The van der Waals surface area contributed by atoms with Gasteiger partial charge in [-0.05, 0) is 18.1 Å². The molecule has 1 amide bonds. The van der Waals surface area contributed by atoms with Crippen LogP contribution in [0.2, 0.25) is 0 Å². The van der Waals surface area contributed by atoms with Crippen LogP contribution >= 0.6 is 0 Å². The zero-order valence-electron chi connectivity index (χ0n) is 10.6. The highest BCUT2D eigenvalue weighted by Crippen LogP contribution is 2.15. The summed E-state index contributed by atoms with van der Waals surface area (Å²) in [6, 6.07) is 9.97. The van der Waals surface area contributed by atoms with Crippen molar-refractivity contribution in [2.45, 2.75) is 19.4 Å². The van der Waals surface area contributed by atoms with Gasteiger partial charge in [-0.3, -0.25) is 9.48 Å². The van der Waals surface area contributed by atoms with Crippen LogP contribution in [0.5, 0.6) is 0 Å². The zero-order chi connectivity index (χ0) is 13.8. The van der Waals surface area contributed by atoms with Crippen molar-refractivity contribution < 1.29 is 4.79 Å². The van der Waals surface area contributed by atoms with Crippen LogP contribution in [0.3, 0.4) is 0 Å². The number of nitrogens with zero attached hydrogens (tertiary/aromatic N) is 3. The second-order valence-electron chi connectivity index (χ2n) is 4.38. The molecule has 2 rings (SSSR count). The second-order valence-corrected chi connectivity index (χ2v) is 4.38. The van der Waals surface area contributed by atoms with Gasteiger partial charge in [-0.1, -0.05) is 24.3 Å². The lowest BCUT2D eigenvalue weighted by molar-refractivity contribution is 0.1000. The molecular weight excluding hydrogens is 240 g/mol. The first-order valence-electron chi connectivity index (χ1n) is 5.91. The van der Waals surface area contributed by atoms with E-state index in [1.54, 1.807) is 10.9 Å². The number of benzene rings is 1. The number of primary amides is 1. The first-order chi connectivity index (χ1) is 9.10. The number of aromatic nitrogens is 2. The van der Waals surface area contributed by atoms with Gasteiger partial charge in [0.1, 0.15) is 0 Å². The largest absolute Gasteiger partial charge is 0.366 e. The van der Waals surface area contributed by atoms with E-state index >= 15 is 0 Å². The number of rotatable bonds is 4. The Morgan fingerprint density at radius 1 is 1.47 bits per heavy atom. The molecular formula is C14H14N4O. The quantitative estimate of drug-likeness (QED) is 0.900. The molecule has 0 saturated carbocycles. The van der Waals surface area contributed by atoms with Crippen molar-refractivity contribution in [3.05, 3.63) is 53.3 Å². The van der Waals surface area contributed by atoms with E-state index in [0.29, 0.717) is 12.1 Å². The maximum absolute atomic E-state index is 11.0. The monoisotopic (exact) mass is 254 g/mol. The lowest BCUT2D eigenvalue weighted by atomic mass is 10.0. The van der Waals surface area contributed by atoms with Crippen LogP contribution in [0.1, 0.15) is 34.3 Å². The third-order valence-corrected chi connectivity index (χ3v) is 2.94. The number of nitriles is 1. The van der Waals surface area contributed by atoms with Gasteiger partial charge in [0.05, 0.1) is 30.3 Å². The van der Waals surface area contributed by atoms with Crippen LogP contribution in [0.15, 0.2) is 36.7 Å². The highest BCUT2D eigenvalue weighted by molar-refractivity contribution is 5.92. The summed E-state index contributed by atoms with van der Waals surface area (Å²) in [5.74, 6) is -0.593. The van der Waals surface area contributed by atoms with Crippen molar-refractivity contribution in [2.24, 2.45) is 5.73 Å². The fraction of sp³-hybridized carbons (Fsp3) is 0.214. The summed E-state index contributed by atoms with van der Waals surface area (Å²) < 4.78 is 1.66. The van der Waals surface area contributed by atoms with Crippen molar-refractivity contribution in [3.8, 4) is 6.07 Å². The SMILES string of the molecule is CC(C#N)c1ccc(Cn2cc(C(N)=O)cn2)cc1. The van der Waals surface area contributed by atoms with Gasteiger partial charge >= 0.3 is 0 Å². The average molecular weight is 254 g/mol. The molecule has 19 heavy (non-hydrogen) atoms. The minimum Gasteiger partial charge on any atom is -0.366 e. The summed E-state index contributed by atoms with van der Waals surface area (Å²) in [6.45, 7) is 2.43. The number of hydrogen-bond acceptors (Lipinski definition) is 3. The topological polar surface area (TPSA) is 84.7 Å². The highest BCUT2D eigenvalue weighted by Gasteiger charge is 2.06. The average Bonchev–Trinajstić information content (AvgIpc) is 2.87. The maximum Gasteiger partial charge on any atom is 0.251 e. The smallest absolute Gasteiger partial charge is 0.251 e. The molecule has 0 spiro atoms. The van der Waals surface area contributed by atoms with Crippen LogP contribution in [0, 0.1) is 11.3 Å². The van der Waals surface area contributed by atoms with Gasteiger partial charge in [-0.15, -0.1) is 0 Å².